The van der Waals surface area contributed by atoms with Gasteiger partial charge in [0.2, 0.25) is 0 Å². The number of nitrogens with zero attached hydrogens (tertiary/aromatic N) is 1. The van der Waals surface area contributed by atoms with Crippen LogP contribution in [0.3, 0.4) is 0 Å². The number of hydrogen-bond acceptors (Lipinski definition) is 2. The molecule has 0 bridgehead atoms. The Bertz CT molecular complexity index is 476. The molecule has 6 heteroatoms. The van der Waals surface area contributed by atoms with Gasteiger partial charge >= 0.3 is 0 Å². The van der Waals surface area contributed by atoms with E-state index in [2.05, 4.69) is 15.6 Å². The summed E-state index contributed by atoms with van der Waals surface area (Å²) < 4.78 is 29.2. The van der Waals surface area contributed by atoms with Crippen molar-refractivity contribution in [3.63, 3.8) is 0 Å². The van der Waals surface area contributed by atoms with Gasteiger partial charge in [0.25, 0.3) is 6.43 Å². The fraction of sp³-hybridized carbons (Fsp3) is 0.533. The molecule has 21 heavy (non-hydrogen) atoms. The summed E-state index contributed by atoms with van der Waals surface area (Å²) in [5.41, 5.74) is 0.955. The fourth-order valence-electron chi connectivity index (χ4n) is 1.87. The molecule has 0 spiro atoms. The highest BCUT2D eigenvalue weighted by Gasteiger charge is 2.20. The summed E-state index contributed by atoms with van der Waals surface area (Å²) in [6.07, 6.45) is 0.110. The molecular formula is C15H21F2N3O. The van der Waals surface area contributed by atoms with E-state index < -0.39 is 13.0 Å². The van der Waals surface area contributed by atoms with Crippen molar-refractivity contribution in [2.75, 3.05) is 20.2 Å². The number of aliphatic imine (C=N–C) groups is 1. The van der Waals surface area contributed by atoms with Gasteiger partial charge in [-0.05, 0) is 36.5 Å². The first-order valence-corrected chi connectivity index (χ1v) is 7.12. The highest BCUT2D eigenvalue weighted by atomic mass is 19.3. The fourth-order valence-corrected chi connectivity index (χ4v) is 1.87. The Morgan fingerprint density at radius 2 is 2.19 bits per heavy atom. The number of ether oxygens (including phenoxy) is 1. The first-order valence-electron chi connectivity index (χ1n) is 7.12. The summed E-state index contributed by atoms with van der Waals surface area (Å²) in [4.78, 5) is 4.15. The minimum Gasteiger partial charge on any atom is -0.488 e. The molecule has 0 atom stereocenters. The maximum Gasteiger partial charge on any atom is 0.272 e. The summed E-state index contributed by atoms with van der Waals surface area (Å²) >= 11 is 0. The van der Waals surface area contributed by atoms with Crippen LogP contribution in [0.25, 0.3) is 0 Å². The highest BCUT2D eigenvalue weighted by Crippen LogP contribution is 2.27. The van der Waals surface area contributed by atoms with Crippen molar-refractivity contribution in [2.24, 2.45) is 10.9 Å². The number of guanidine groups is 1. The van der Waals surface area contributed by atoms with Gasteiger partial charge in [0.15, 0.2) is 5.96 Å². The van der Waals surface area contributed by atoms with Gasteiger partial charge in [0.1, 0.15) is 12.4 Å². The first-order chi connectivity index (χ1) is 10.2. The highest BCUT2D eigenvalue weighted by molar-refractivity contribution is 5.79. The summed E-state index contributed by atoms with van der Waals surface area (Å²) in [5.74, 6) is 1.98. The minimum atomic E-state index is -2.46. The molecule has 0 heterocycles. The van der Waals surface area contributed by atoms with Crippen LogP contribution in [0.2, 0.25) is 0 Å². The Labute approximate surface area is 123 Å². The van der Waals surface area contributed by atoms with Crippen LogP contribution in [-0.4, -0.2) is 32.6 Å². The average molecular weight is 297 g/mol. The van der Waals surface area contributed by atoms with Gasteiger partial charge in [-0.25, -0.2) is 8.78 Å². The van der Waals surface area contributed by atoms with E-state index in [0.717, 1.165) is 24.0 Å². The van der Waals surface area contributed by atoms with Crippen molar-refractivity contribution in [3.05, 3.63) is 29.8 Å². The molecule has 1 aliphatic rings. The molecule has 1 aliphatic carbocycles. The van der Waals surface area contributed by atoms with Crippen molar-refractivity contribution in [3.8, 4) is 5.75 Å². The molecule has 0 amide bonds. The molecule has 1 fully saturated rings. The smallest absolute Gasteiger partial charge is 0.272 e. The van der Waals surface area contributed by atoms with Crippen LogP contribution < -0.4 is 15.4 Å². The first kappa shape index (κ1) is 15.5. The molecular weight excluding hydrogens is 276 g/mol. The van der Waals surface area contributed by atoms with E-state index >= 15 is 0 Å². The number of rotatable bonds is 7. The molecule has 0 radical (unpaired) electrons. The van der Waals surface area contributed by atoms with Crippen LogP contribution in [-0.2, 0) is 6.54 Å². The largest absolute Gasteiger partial charge is 0.488 e. The third-order valence-corrected chi connectivity index (χ3v) is 3.21. The lowest BCUT2D eigenvalue weighted by Gasteiger charge is -2.12. The predicted octanol–water partition coefficient (Wildman–Crippen LogP) is 2.41. The topological polar surface area (TPSA) is 45.7 Å². The van der Waals surface area contributed by atoms with E-state index in [0.29, 0.717) is 12.3 Å². The number of nitrogens with one attached hydrogen (secondary N) is 2. The van der Waals surface area contributed by atoms with Gasteiger partial charge in [-0.1, -0.05) is 12.1 Å². The van der Waals surface area contributed by atoms with Crippen molar-refractivity contribution in [1.29, 1.82) is 0 Å². The molecule has 1 saturated carbocycles. The SMILES string of the molecule is CN=C(NCc1cccc(OCC(F)F)c1)NCC1CC1. The number of alkyl halides is 2. The third-order valence-electron chi connectivity index (χ3n) is 3.21. The van der Waals surface area contributed by atoms with Crippen LogP contribution in [0.4, 0.5) is 8.78 Å². The Kier molecular flexibility index (Phi) is 5.78. The molecule has 4 nitrogen and oxygen atoms in total. The van der Waals surface area contributed by atoms with Gasteiger partial charge in [0.05, 0.1) is 0 Å². The standard InChI is InChI=1S/C15H21F2N3O/c1-18-15(19-8-11-5-6-11)20-9-12-3-2-4-13(7-12)21-10-14(16)17/h2-4,7,11,14H,5-6,8-10H2,1H3,(H2,18,19,20). The second kappa shape index (κ2) is 7.81. The van der Waals surface area contributed by atoms with Crippen LogP contribution in [0, 0.1) is 5.92 Å². The summed E-state index contributed by atoms with van der Waals surface area (Å²) in [5, 5.41) is 6.46. The van der Waals surface area contributed by atoms with Gasteiger partial charge in [-0.2, -0.15) is 0 Å². The summed E-state index contributed by atoms with van der Waals surface area (Å²) in [7, 11) is 1.73. The minimum absolute atomic E-state index is 0.454. The Hall–Kier alpha value is -1.85. The molecule has 2 N–H and O–H groups in total. The van der Waals surface area contributed by atoms with E-state index in [1.165, 1.54) is 12.8 Å². The number of benzene rings is 1. The third kappa shape index (κ3) is 5.97. The van der Waals surface area contributed by atoms with Crippen molar-refractivity contribution >= 4 is 5.96 Å². The lowest BCUT2D eigenvalue weighted by molar-refractivity contribution is 0.0818. The normalized spacial score (nSPS) is 15.1. The van der Waals surface area contributed by atoms with Crippen molar-refractivity contribution < 1.29 is 13.5 Å². The van der Waals surface area contributed by atoms with Gasteiger partial charge in [-0.15, -0.1) is 0 Å². The molecule has 116 valence electrons. The molecule has 0 saturated heterocycles. The van der Waals surface area contributed by atoms with E-state index in [1.807, 2.05) is 6.07 Å². The predicted molar refractivity (Wildman–Crippen MR) is 78.9 cm³/mol. The van der Waals surface area contributed by atoms with Gasteiger partial charge < -0.3 is 15.4 Å². The molecule has 0 aliphatic heterocycles. The number of halogens is 2. The average Bonchev–Trinajstić information content (AvgIpc) is 3.30. The molecule has 2 rings (SSSR count). The lowest BCUT2D eigenvalue weighted by atomic mass is 10.2. The van der Waals surface area contributed by atoms with E-state index in [-0.39, 0.29) is 0 Å². The van der Waals surface area contributed by atoms with Crippen LogP contribution in [0.1, 0.15) is 18.4 Å². The zero-order chi connectivity index (χ0) is 15.1. The lowest BCUT2D eigenvalue weighted by Crippen LogP contribution is -2.37. The Morgan fingerprint density at radius 3 is 2.86 bits per heavy atom. The van der Waals surface area contributed by atoms with Crippen LogP contribution in [0.5, 0.6) is 5.75 Å². The van der Waals surface area contributed by atoms with E-state index in [9.17, 15) is 8.78 Å². The maximum absolute atomic E-state index is 12.1. The van der Waals surface area contributed by atoms with Crippen LogP contribution in [0.15, 0.2) is 29.3 Å². The second-order valence-corrected chi connectivity index (χ2v) is 5.10. The quantitative estimate of drug-likeness (QED) is 0.600. The monoisotopic (exact) mass is 297 g/mol. The molecule has 1 aromatic carbocycles. The van der Waals surface area contributed by atoms with Gasteiger partial charge in [-0.3, -0.25) is 4.99 Å². The second-order valence-electron chi connectivity index (χ2n) is 5.10. The molecule has 0 aromatic heterocycles. The zero-order valence-corrected chi connectivity index (χ0v) is 12.1. The van der Waals surface area contributed by atoms with Crippen molar-refractivity contribution in [2.45, 2.75) is 25.8 Å². The van der Waals surface area contributed by atoms with E-state index in [4.69, 9.17) is 4.74 Å². The summed E-state index contributed by atoms with van der Waals surface area (Å²) in [6, 6.07) is 7.13. The number of hydrogen-bond donors (Lipinski definition) is 2. The van der Waals surface area contributed by atoms with E-state index in [1.54, 1.807) is 25.2 Å². The Balaban J connectivity index is 1.79. The maximum atomic E-state index is 12.1. The zero-order valence-electron chi connectivity index (χ0n) is 12.1. The molecule has 1 aromatic rings. The van der Waals surface area contributed by atoms with Crippen molar-refractivity contribution in [1.82, 2.24) is 10.6 Å². The molecule has 0 unspecified atom stereocenters. The van der Waals surface area contributed by atoms with Gasteiger partial charge in [0, 0.05) is 20.1 Å². The Morgan fingerprint density at radius 1 is 1.38 bits per heavy atom. The van der Waals surface area contributed by atoms with Crippen LogP contribution >= 0.6 is 0 Å². The summed E-state index contributed by atoms with van der Waals surface area (Å²) in [6.45, 7) is 0.926.